The van der Waals surface area contributed by atoms with Gasteiger partial charge in [0.1, 0.15) is 18.2 Å². The van der Waals surface area contributed by atoms with Crippen LogP contribution in [0.15, 0.2) is 77.7 Å². The molecule has 0 atom stereocenters. The molecule has 4 rings (SSSR count). The first kappa shape index (κ1) is 22.8. The van der Waals surface area contributed by atoms with Crippen molar-refractivity contribution < 1.29 is 28.8 Å². The van der Waals surface area contributed by atoms with E-state index in [0.29, 0.717) is 28.3 Å². The molecule has 0 spiro atoms. The number of rotatable bonds is 7. The zero-order valence-electron chi connectivity index (χ0n) is 17.3. The van der Waals surface area contributed by atoms with Crippen molar-refractivity contribution in [2.45, 2.75) is 13.2 Å². The minimum Gasteiger partial charge on any atom is -0.489 e. The molecule has 0 aliphatic carbocycles. The van der Waals surface area contributed by atoms with Gasteiger partial charge in [-0.05, 0) is 64.3 Å². The van der Waals surface area contributed by atoms with E-state index in [2.05, 4.69) is 0 Å². The van der Waals surface area contributed by atoms with Crippen molar-refractivity contribution in [2.24, 2.45) is 0 Å². The van der Waals surface area contributed by atoms with E-state index in [0.717, 1.165) is 27.8 Å². The Bertz CT molecular complexity index is 1180. The molecule has 33 heavy (non-hydrogen) atoms. The fourth-order valence-electron chi connectivity index (χ4n) is 3.17. The van der Waals surface area contributed by atoms with Crippen LogP contribution in [-0.4, -0.2) is 33.2 Å². The summed E-state index contributed by atoms with van der Waals surface area (Å²) in [6, 6.07) is 19.5. The van der Waals surface area contributed by atoms with E-state index in [-0.39, 0.29) is 23.5 Å². The van der Waals surface area contributed by atoms with Crippen LogP contribution < -0.4 is 10.2 Å². The number of nitrogens with zero attached hydrogens (tertiary/aromatic N) is 1. The second-order valence-electron chi connectivity index (χ2n) is 7.37. The number of amides is 2. The Labute approximate surface area is 194 Å². The van der Waals surface area contributed by atoms with Crippen LogP contribution in [0.2, 0.25) is 0 Å². The summed E-state index contributed by atoms with van der Waals surface area (Å²) in [4.78, 5) is 26.4. The molecule has 3 aromatic rings. The van der Waals surface area contributed by atoms with Gasteiger partial charge in [-0.2, -0.15) is 0 Å². The number of carbonyl (C=O) groups is 2. The molecular formula is C24H19BFNO5S. The standard InChI is InChI=1S/C24H19BFNO5S/c26-20-9-3-17(4-10-20)14-27-23(28)22(33-24(27)29)13-16-5-11-21(12-6-16)32-15-18-1-7-19(8-2-18)25(30)31/h1-13,30-31H,14-15H2/b22-13-. The summed E-state index contributed by atoms with van der Waals surface area (Å²) in [5, 5.41) is 17.9. The molecule has 0 radical (unpaired) electrons. The largest absolute Gasteiger partial charge is 0.489 e. The van der Waals surface area contributed by atoms with Gasteiger partial charge in [0.25, 0.3) is 11.1 Å². The molecule has 0 saturated carbocycles. The maximum absolute atomic E-state index is 13.1. The van der Waals surface area contributed by atoms with Crippen LogP contribution in [0.1, 0.15) is 16.7 Å². The second kappa shape index (κ2) is 10.0. The molecule has 1 aliphatic rings. The SMILES string of the molecule is O=C1S/C(=C\c2ccc(OCc3ccc(B(O)O)cc3)cc2)C(=O)N1Cc1ccc(F)cc1. The van der Waals surface area contributed by atoms with E-state index in [1.807, 2.05) is 0 Å². The molecule has 1 heterocycles. The molecule has 0 unspecified atom stereocenters. The van der Waals surface area contributed by atoms with Crippen LogP contribution in [0.3, 0.4) is 0 Å². The topological polar surface area (TPSA) is 87.1 Å². The molecule has 1 fully saturated rings. The van der Waals surface area contributed by atoms with Crippen LogP contribution in [0.5, 0.6) is 5.75 Å². The van der Waals surface area contributed by atoms with Gasteiger partial charge < -0.3 is 14.8 Å². The molecule has 0 aromatic heterocycles. The Morgan fingerprint density at radius 1 is 0.909 bits per heavy atom. The summed E-state index contributed by atoms with van der Waals surface area (Å²) in [5.74, 6) is -0.131. The van der Waals surface area contributed by atoms with Gasteiger partial charge >= 0.3 is 7.12 Å². The first-order valence-corrected chi connectivity index (χ1v) is 10.9. The van der Waals surface area contributed by atoms with E-state index in [4.69, 9.17) is 14.8 Å². The number of thioether (sulfide) groups is 1. The summed E-state index contributed by atoms with van der Waals surface area (Å²) in [7, 11) is -1.50. The van der Waals surface area contributed by atoms with Crippen LogP contribution in [-0.2, 0) is 17.9 Å². The molecular weight excluding hydrogens is 444 g/mol. The van der Waals surface area contributed by atoms with E-state index >= 15 is 0 Å². The number of ether oxygens (including phenoxy) is 1. The van der Waals surface area contributed by atoms with Gasteiger partial charge in [-0.25, -0.2) is 4.39 Å². The summed E-state index contributed by atoms with van der Waals surface area (Å²) in [6.07, 6.45) is 1.65. The number of benzene rings is 3. The number of halogens is 1. The lowest BCUT2D eigenvalue weighted by atomic mass is 9.80. The minimum absolute atomic E-state index is 0.0906. The zero-order chi connectivity index (χ0) is 23.4. The molecule has 166 valence electrons. The quantitative estimate of drug-likeness (QED) is 0.413. The molecule has 9 heteroatoms. The summed E-state index contributed by atoms with van der Waals surface area (Å²) < 4.78 is 18.8. The lowest BCUT2D eigenvalue weighted by Crippen LogP contribution is -2.29. The van der Waals surface area contributed by atoms with Crippen molar-refractivity contribution >= 4 is 41.6 Å². The van der Waals surface area contributed by atoms with Crippen LogP contribution in [0.25, 0.3) is 6.08 Å². The van der Waals surface area contributed by atoms with Crippen molar-refractivity contribution in [3.63, 3.8) is 0 Å². The number of carbonyl (C=O) groups excluding carboxylic acids is 2. The average Bonchev–Trinajstić information content (AvgIpc) is 3.07. The molecule has 2 N–H and O–H groups in total. The fraction of sp³-hybridized carbons (Fsp3) is 0.0833. The minimum atomic E-state index is -1.50. The molecule has 1 aliphatic heterocycles. The Kier molecular flexibility index (Phi) is 6.93. The Morgan fingerprint density at radius 3 is 2.18 bits per heavy atom. The predicted octanol–water partition coefficient (Wildman–Crippen LogP) is 3.32. The van der Waals surface area contributed by atoms with Gasteiger partial charge in [0.2, 0.25) is 0 Å². The zero-order valence-corrected chi connectivity index (χ0v) is 18.2. The van der Waals surface area contributed by atoms with Gasteiger partial charge in [0.15, 0.2) is 0 Å². The summed E-state index contributed by atoms with van der Waals surface area (Å²) in [6.45, 7) is 0.400. The fourth-order valence-corrected chi connectivity index (χ4v) is 4.01. The smallest absolute Gasteiger partial charge is 0.488 e. The molecule has 3 aromatic carbocycles. The number of hydrogen-bond donors (Lipinski definition) is 2. The monoisotopic (exact) mass is 463 g/mol. The molecule has 0 bridgehead atoms. The van der Waals surface area contributed by atoms with Crippen molar-refractivity contribution in [3.8, 4) is 5.75 Å². The van der Waals surface area contributed by atoms with E-state index in [1.165, 1.54) is 12.1 Å². The highest BCUT2D eigenvalue weighted by atomic mass is 32.2. The van der Waals surface area contributed by atoms with E-state index in [1.54, 1.807) is 66.7 Å². The van der Waals surface area contributed by atoms with Gasteiger partial charge in [-0.1, -0.05) is 48.5 Å². The van der Waals surface area contributed by atoms with E-state index in [9.17, 15) is 14.0 Å². The number of imide groups is 1. The first-order valence-electron chi connectivity index (χ1n) is 10.1. The van der Waals surface area contributed by atoms with Crippen LogP contribution in [0.4, 0.5) is 9.18 Å². The highest BCUT2D eigenvalue weighted by Crippen LogP contribution is 2.33. The predicted molar refractivity (Wildman–Crippen MR) is 125 cm³/mol. The lowest BCUT2D eigenvalue weighted by Gasteiger charge is -2.12. The summed E-state index contributed by atoms with van der Waals surface area (Å²) in [5.41, 5.74) is 2.70. The first-order chi connectivity index (χ1) is 15.9. The Morgan fingerprint density at radius 2 is 1.55 bits per heavy atom. The molecule has 2 amide bonds. The maximum atomic E-state index is 13.1. The van der Waals surface area contributed by atoms with E-state index < -0.39 is 7.12 Å². The molecule has 1 saturated heterocycles. The van der Waals surface area contributed by atoms with Gasteiger partial charge in [-0.3, -0.25) is 14.5 Å². The van der Waals surface area contributed by atoms with Crippen LogP contribution in [0, 0.1) is 5.82 Å². The van der Waals surface area contributed by atoms with Gasteiger partial charge in [0, 0.05) is 0 Å². The van der Waals surface area contributed by atoms with Crippen molar-refractivity contribution in [1.82, 2.24) is 4.90 Å². The second-order valence-corrected chi connectivity index (χ2v) is 8.36. The van der Waals surface area contributed by atoms with Gasteiger partial charge in [-0.15, -0.1) is 0 Å². The lowest BCUT2D eigenvalue weighted by molar-refractivity contribution is -0.123. The highest BCUT2D eigenvalue weighted by molar-refractivity contribution is 8.18. The Hall–Kier alpha value is -3.40. The van der Waals surface area contributed by atoms with Crippen LogP contribution >= 0.6 is 11.8 Å². The Balaban J connectivity index is 1.37. The number of hydrogen-bond acceptors (Lipinski definition) is 6. The third-order valence-corrected chi connectivity index (χ3v) is 5.90. The average molecular weight is 463 g/mol. The maximum Gasteiger partial charge on any atom is 0.488 e. The van der Waals surface area contributed by atoms with Crippen molar-refractivity contribution in [1.29, 1.82) is 0 Å². The third kappa shape index (κ3) is 5.70. The van der Waals surface area contributed by atoms with Crippen molar-refractivity contribution in [2.75, 3.05) is 0 Å². The highest BCUT2D eigenvalue weighted by Gasteiger charge is 2.34. The normalized spacial score (nSPS) is 14.8. The van der Waals surface area contributed by atoms with Crippen molar-refractivity contribution in [3.05, 3.63) is 100 Å². The van der Waals surface area contributed by atoms with Gasteiger partial charge in [0.05, 0.1) is 11.4 Å². The summed E-state index contributed by atoms with van der Waals surface area (Å²) >= 11 is 0.871. The molecule has 6 nitrogen and oxygen atoms in total. The third-order valence-electron chi connectivity index (χ3n) is 4.99.